The number of aromatic nitrogens is 1. The molecule has 0 fully saturated rings. The monoisotopic (exact) mass is 466 g/mol. The number of nitrogens with zero attached hydrogens (tertiary/aromatic N) is 2. The lowest BCUT2D eigenvalue weighted by atomic mass is 10.2. The smallest absolute Gasteiger partial charge is 0.229 e. The number of rotatable bonds is 7. The molecule has 1 heterocycles. The van der Waals surface area contributed by atoms with E-state index >= 15 is 0 Å². The number of halogens is 1. The standard InChI is InChI=1S/C25H23ClN2OS2/c1-17-8-11-20(12-9-17)30-15-14-22(29)28(16-19-6-4-3-5-7-19)25-27-23-18(2)10-13-21(26)24(23)31-25/h3-13H,14-16H2,1-2H3. The van der Waals surface area contributed by atoms with Gasteiger partial charge in [0.25, 0.3) is 0 Å². The summed E-state index contributed by atoms with van der Waals surface area (Å²) in [6, 6.07) is 22.3. The quantitative estimate of drug-likeness (QED) is 0.268. The number of carbonyl (C=O) groups excluding carboxylic acids is 1. The van der Waals surface area contributed by atoms with Crippen LogP contribution in [0.4, 0.5) is 5.13 Å². The normalized spacial score (nSPS) is 11.1. The predicted molar refractivity (Wildman–Crippen MR) is 134 cm³/mol. The van der Waals surface area contributed by atoms with Crippen molar-refractivity contribution in [1.29, 1.82) is 0 Å². The predicted octanol–water partition coefficient (Wildman–Crippen LogP) is 7.28. The fourth-order valence-electron chi connectivity index (χ4n) is 3.26. The van der Waals surface area contributed by atoms with Gasteiger partial charge in [-0.3, -0.25) is 9.69 Å². The maximum atomic E-state index is 13.3. The van der Waals surface area contributed by atoms with Crippen LogP contribution in [0.2, 0.25) is 5.02 Å². The summed E-state index contributed by atoms with van der Waals surface area (Å²) in [5, 5.41) is 1.37. The molecule has 0 saturated carbocycles. The van der Waals surface area contributed by atoms with E-state index in [9.17, 15) is 4.79 Å². The highest BCUT2D eigenvalue weighted by molar-refractivity contribution is 7.99. The fraction of sp³-hybridized carbons (Fsp3) is 0.200. The Kier molecular flexibility index (Phi) is 6.96. The van der Waals surface area contributed by atoms with Gasteiger partial charge in [-0.25, -0.2) is 4.98 Å². The van der Waals surface area contributed by atoms with Crippen LogP contribution in [-0.4, -0.2) is 16.6 Å². The largest absolute Gasteiger partial charge is 0.284 e. The minimum Gasteiger partial charge on any atom is -0.284 e. The summed E-state index contributed by atoms with van der Waals surface area (Å²) >= 11 is 9.59. The molecule has 0 bridgehead atoms. The molecule has 0 atom stereocenters. The van der Waals surface area contributed by atoms with Crippen LogP contribution in [0, 0.1) is 13.8 Å². The Labute approximate surface area is 196 Å². The van der Waals surface area contributed by atoms with Gasteiger partial charge in [0.2, 0.25) is 5.91 Å². The molecule has 6 heteroatoms. The lowest BCUT2D eigenvalue weighted by Crippen LogP contribution is -2.30. The number of aryl methyl sites for hydroxylation is 2. The summed E-state index contributed by atoms with van der Waals surface area (Å²) in [6.07, 6.45) is 0.439. The zero-order valence-electron chi connectivity index (χ0n) is 17.5. The molecule has 3 nitrogen and oxygen atoms in total. The number of fused-ring (bicyclic) bond motifs is 1. The molecule has 0 aliphatic rings. The summed E-state index contributed by atoms with van der Waals surface area (Å²) in [5.41, 5.74) is 4.24. The van der Waals surface area contributed by atoms with Gasteiger partial charge in [0.15, 0.2) is 5.13 Å². The first kappa shape index (κ1) is 21.9. The van der Waals surface area contributed by atoms with Crippen molar-refractivity contribution in [2.24, 2.45) is 0 Å². The second kappa shape index (κ2) is 9.86. The van der Waals surface area contributed by atoms with Crippen LogP contribution in [0.5, 0.6) is 0 Å². The Bertz CT molecular complexity index is 1150. The van der Waals surface area contributed by atoms with E-state index < -0.39 is 0 Å². The van der Waals surface area contributed by atoms with Gasteiger partial charge in [0.1, 0.15) is 0 Å². The van der Waals surface area contributed by atoms with Gasteiger partial charge in [-0.05, 0) is 43.2 Å². The molecular weight excluding hydrogens is 444 g/mol. The van der Waals surface area contributed by atoms with Crippen LogP contribution >= 0.6 is 34.7 Å². The first-order valence-electron chi connectivity index (χ1n) is 10.1. The first-order valence-corrected chi connectivity index (χ1v) is 12.3. The van der Waals surface area contributed by atoms with Crippen molar-refractivity contribution in [3.05, 3.63) is 88.4 Å². The highest BCUT2D eigenvalue weighted by Gasteiger charge is 2.21. The Morgan fingerprint density at radius 1 is 1.03 bits per heavy atom. The van der Waals surface area contributed by atoms with Gasteiger partial charge in [-0.1, -0.05) is 77.0 Å². The van der Waals surface area contributed by atoms with E-state index in [4.69, 9.17) is 16.6 Å². The van der Waals surface area contributed by atoms with Crippen LogP contribution < -0.4 is 4.90 Å². The zero-order valence-corrected chi connectivity index (χ0v) is 19.9. The van der Waals surface area contributed by atoms with E-state index in [1.54, 1.807) is 16.7 Å². The van der Waals surface area contributed by atoms with Crippen LogP contribution in [0.15, 0.2) is 71.6 Å². The molecule has 0 radical (unpaired) electrons. The fourth-order valence-corrected chi connectivity index (χ4v) is 5.43. The van der Waals surface area contributed by atoms with Gasteiger partial charge in [-0.2, -0.15) is 0 Å². The third kappa shape index (κ3) is 5.29. The molecule has 3 aromatic carbocycles. The van der Waals surface area contributed by atoms with Gasteiger partial charge < -0.3 is 0 Å². The second-order valence-electron chi connectivity index (χ2n) is 7.42. The second-order valence-corrected chi connectivity index (χ2v) is 9.97. The van der Waals surface area contributed by atoms with Gasteiger partial charge in [0.05, 0.1) is 21.8 Å². The molecule has 1 aromatic heterocycles. The maximum absolute atomic E-state index is 13.3. The first-order chi connectivity index (χ1) is 15.0. The minimum absolute atomic E-state index is 0.0660. The Balaban J connectivity index is 1.56. The molecule has 1 amide bonds. The molecule has 4 aromatic rings. The molecule has 0 N–H and O–H groups in total. The average Bonchev–Trinajstić information content (AvgIpc) is 3.23. The zero-order chi connectivity index (χ0) is 21.8. The number of anilines is 1. The SMILES string of the molecule is Cc1ccc(SCCC(=O)N(Cc2ccccc2)c2nc3c(C)ccc(Cl)c3s2)cc1. The van der Waals surface area contributed by atoms with Crippen molar-refractivity contribution in [2.45, 2.75) is 31.7 Å². The maximum Gasteiger partial charge on any atom is 0.229 e. The van der Waals surface area contributed by atoms with E-state index in [1.807, 2.05) is 49.4 Å². The van der Waals surface area contributed by atoms with E-state index in [-0.39, 0.29) is 5.91 Å². The number of amides is 1. The molecule has 158 valence electrons. The van der Waals surface area contributed by atoms with Crippen molar-refractivity contribution in [3.8, 4) is 0 Å². The van der Waals surface area contributed by atoms with Crippen LogP contribution in [-0.2, 0) is 11.3 Å². The number of thioether (sulfide) groups is 1. The molecular formula is C25H23ClN2OS2. The third-order valence-electron chi connectivity index (χ3n) is 5.01. The number of thiazole rings is 1. The Morgan fingerprint density at radius 3 is 2.48 bits per heavy atom. The van der Waals surface area contributed by atoms with Gasteiger partial charge in [0, 0.05) is 17.1 Å². The molecule has 0 spiro atoms. The number of hydrogen-bond donors (Lipinski definition) is 0. The molecule has 31 heavy (non-hydrogen) atoms. The van der Waals surface area contributed by atoms with Crippen molar-refractivity contribution >= 4 is 56.0 Å². The van der Waals surface area contributed by atoms with E-state index in [0.29, 0.717) is 23.1 Å². The highest BCUT2D eigenvalue weighted by Crippen LogP contribution is 2.36. The highest BCUT2D eigenvalue weighted by atomic mass is 35.5. The third-order valence-corrected chi connectivity index (χ3v) is 7.56. The van der Waals surface area contributed by atoms with Gasteiger partial charge >= 0.3 is 0 Å². The van der Waals surface area contributed by atoms with Crippen molar-refractivity contribution < 1.29 is 4.79 Å². The average molecular weight is 467 g/mol. The van der Waals surface area contributed by atoms with Gasteiger partial charge in [-0.15, -0.1) is 11.8 Å². The summed E-state index contributed by atoms with van der Waals surface area (Å²) in [5.74, 6) is 0.786. The van der Waals surface area contributed by atoms with Crippen molar-refractivity contribution in [2.75, 3.05) is 10.7 Å². The summed E-state index contributed by atoms with van der Waals surface area (Å²) in [4.78, 5) is 21.1. The molecule has 0 aliphatic heterocycles. The topological polar surface area (TPSA) is 33.2 Å². The van der Waals surface area contributed by atoms with E-state index in [2.05, 4.69) is 31.2 Å². The summed E-state index contributed by atoms with van der Waals surface area (Å²) < 4.78 is 0.927. The number of hydrogen-bond acceptors (Lipinski definition) is 4. The Hall–Kier alpha value is -2.34. The van der Waals surface area contributed by atoms with E-state index in [1.165, 1.54) is 21.8 Å². The molecule has 4 rings (SSSR count). The minimum atomic E-state index is 0.0660. The lowest BCUT2D eigenvalue weighted by molar-refractivity contribution is -0.118. The van der Waals surface area contributed by atoms with Crippen LogP contribution in [0.25, 0.3) is 10.2 Å². The number of carbonyl (C=O) groups is 1. The number of benzene rings is 3. The molecule has 0 unspecified atom stereocenters. The summed E-state index contributed by atoms with van der Waals surface area (Å²) in [7, 11) is 0. The van der Waals surface area contributed by atoms with Crippen LogP contribution in [0.3, 0.4) is 0 Å². The molecule has 0 saturated heterocycles. The molecule has 0 aliphatic carbocycles. The Morgan fingerprint density at radius 2 is 1.77 bits per heavy atom. The summed E-state index contributed by atoms with van der Waals surface area (Å²) in [6.45, 7) is 4.58. The lowest BCUT2D eigenvalue weighted by Gasteiger charge is -2.20. The van der Waals surface area contributed by atoms with Crippen molar-refractivity contribution in [1.82, 2.24) is 4.98 Å². The van der Waals surface area contributed by atoms with Crippen LogP contribution in [0.1, 0.15) is 23.1 Å². The van der Waals surface area contributed by atoms with Crippen molar-refractivity contribution in [3.63, 3.8) is 0 Å². The van der Waals surface area contributed by atoms with E-state index in [0.717, 1.165) is 27.1 Å².